The number of nitrogens with one attached hydrogen (secondary N) is 1. The highest BCUT2D eigenvalue weighted by atomic mass is 79.9. The highest BCUT2D eigenvalue weighted by molar-refractivity contribution is 9.10. The van der Waals surface area contributed by atoms with Gasteiger partial charge in [-0.3, -0.25) is 4.79 Å². The minimum atomic E-state index is -0.294. The second-order valence-corrected chi connectivity index (χ2v) is 9.92. The van der Waals surface area contributed by atoms with E-state index in [-0.39, 0.29) is 16.9 Å². The normalized spacial score (nSPS) is 34.8. The Morgan fingerprint density at radius 2 is 1.88 bits per heavy atom. The van der Waals surface area contributed by atoms with E-state index in [2.05, 4.69) is 47.3 Å². The Bertz CT molecular complexity index is 866. The van der Waals surface area contributed by atoms with Gasteiger partial charge in [0.05, 0.1) is 16.6 Å². The van der Waals surface area contributed by atoms with E-state index in [1.165, 1.54) is 6.42 Å². The maximum Gasteiger partial charge on any atom is 0.230 e. The first-order valence-corrected chi connectivity index (χ1v) is 10.7. The van der Waals surface area contributed by atoms with Crippen LogP contribution in [0.15, 0.2) is 39.8 Å². The molecule has 0 aliphatic heterocycles. The molecule has 0 spiro atoms. The van der Waals surface area contributed by atoms with Crippen molar-refractivity contribution in [2.45, 2.75) is 44.1 Å². The first kappa shape index (κ1) is 16.9. The molecule has 1 amide bonds. The van der Waals surface area contributed by atoms with E-state index in [1.54, 1.807) is 0 Å². The Kier molecular flexibility index (Phi) is 3.84. The minimum absolute atomic E-state index is 0.0611. The predicted molar refractivity (Wildman–Crippen MR) is 106 cm³/mol. The number of amides is 1. The molecule has 4 saturated carbocycles. The van der Waals surface area contributed by atoms with Crippen molar-refractivity contribution in [3.8, 4) is 0 Å². The molecule has 4 bridgehead atoms. The van der Waals surface area contributed by atoms with E-state index in [0.29, 0.717) is 16.6 Å². The maximum absolute atomic E-state index is 13.4. The molecule has 4 aliphatic rings. The number of rotatable bonds is 3. The Morgan fingerprint density at radius 1 is 1.15 bits per heavy atom. The summed E-state index contributed by atoms with van der Waals surface area (Å²) < 4.78 is 3.59. The molecular weight excluding hydrogens is 460 g/mol. The molecule has 7 heteroatoms. The number of halogens is 2. The number of nitrogens with zero attached hydrogens (tertiary/aromatic N) is 3. The number of hydrogen-bond acceptors (Lipinski definition) is 3. The van der Waals surface area contributed by atoms with Crippen molar-refractivity contribution < 1.29 is 4.79 Å². The van der Waals surface area contributed by atoms with Gasteiger partial charge in [-0.25, -0.2) is 9.67 Å². The SMILES string of the molecule is O=C(Nc1ccccc1Br)C12C[C@H]3C[C@H](C1)CC(n1cnc(Br)n1)(C3)C2. The molecule has 5 nitrogen and oxygen atoms in total. The van der Waals surface area contributed by atoms with Crippen molar-refractivity contribution in [2.24, 2.45) is 17.3 Å². The van der Waals surface area contributed by atoms with E-state index in [0.717, 1.165) is 42.3 Å². The molecule has 6 rings (SSSR count). The first-order chi connectivity index (χ1) is 12.5. The van der Waals surface area contributed by atoms with Crippen LogP contribution in [0.1, 0.15) is 38.5 Å². The van der Waals surface area contributed by atoms with E-state index >= 15 is 0 Å². The molecule has 1 N–H and O–H groups in total. The molecule has 1 aromatic heterocycles. The van der Waals surface area contributed by atoms with Crippen LogP contribution in [0.2, 0.25) is 0 Å². The fourth-order valence-electron chi connectivity index (χ4n) is 6.04. The Hall–Kier alpha value is -1.21. The molecule has 2 aromatic rings. The molecule has 26 heavy (non-hydrogen) atoms. The van der Waals surface area contributed by atoms with Crippen LogP contribution < -0.4 is 5.32 Å². The lowest BCUT2D eigenvalue weighted by atomic mass is 9.46. The number of para-hydroxylation sites is 1. The summed E-state index contributed by atoms with van der Waals surface area (Å²) in [6.45, 7) is 0. The lowest BCUT2D eigenvalue weighted by Gasteiger charge is -2.60. The van der Waals surface area contributed by atoms with Crippen LogP contribution in [0.25, 0.3) is 0 Å². The van der Waals surface area contributed by atoms with Gasteiger partial charge < -0.3 is 5.32 Å². The summed E-state index contributed by atoms with van der Waals surface area (Å²) in [5, 5.41) is 7.77. The van der Waals surface area contributed by atoms with Crippen molar-refractivity contribution in [2.75, 3.05) is 5.32 Å². The molecule has 4 fully saturated rings. The van der Waals surface area contributed by atoms with Gasteiger partial charge in [0.25, 0.3) is 0 Å². The van der Waals surface area contributed by atoms with Crippen molar-refractivity contribution in [3.05, 3.63) is 39.8 Å². The van der Waals surface area contributed by atoms with Crippen LogP contribution >= 0.6 is 31.9 Å². The van der Waals surface area contributed by atoms with E-state index in [1.807, 2.05) is 35.3 Å². The fraction of sp³-hybridized carbons (Fsp3) is 0.526. The first-order valence-electron chi connectivity index (χ1n) is 9.12. The van der Waals surface area contributed by atoms with Gasteiger partial charge in [-0.1, -0.05) is 12.1 Å². The number of anilines is 1. The minimum Gasteiger partial charge on any atom is -0.325 e. The van der Waals surface area contributed by atoms with Gasteiger partial charge in [0.1, 0.15) is 6.33 Å². The topological polar surface area (TPSA) is 59.8 Å². The lowest BCUT2D eigenvalue weighted by Crippen LogP contribution is -2.60. The smallest absolute Gasteiger partial charge is 0.230 e. The average molecular weight is 480 g/mol. The van der Waals surface area contributed by atoms with Crippen molar-refractivity contribution in [1.29, 1.82) is 0 Å². The Balaban J connectivity index is 1.49. The van der Waals surface area contributed by atoms with Crippen LogP contribution in [-0.2, 0) is 10.3 Å². The molecule has 0 radical (unpaired) electrons. The van der Waals surface area contributed by atoms with Gasteiger partial charge in [-0.05, 0) is 94.4 Å². The summed E-state index contributed by atoms with van der Waals surface area (Å²) in [6, 6.07) is 7.83. The van der Waals surface area contributed by atoms with Crippen molar-refractivity contribution in [1.82, 2.24) is 14.8 Å². The number of carbonyl (C=O) groups is 1. The van der Waals surface area contributed by atoms with Crippen molar-refractivity contribution in [3.63, 3.8) is 0 Å². The zero-order valence-electron chi connectivity index (χ0n) is 14.3. The number of aromatic nitrogens is 3. The molecule has 1 aromatic carbocycles. The maximum atomic E-state index is 13.4. The van der Waals surface area contributed by atoms with E-state index in [9.17, 15) is 4.79 Å². The number of carbonyl (C=O) groups excluding carboxylic acids is 1. The molecule has 0 unspecified atom stereocenters. The lowest BCUT2D eigenvalue weighted by molar-refractivity contribution is -0.150. The summed E-state index contributed by atoms with van der Waals surface area (Å²) in [7, 11) is 0. The largest absolute Gasteiger partial charge is 0.325 e. The molecule has 0 saturated heterocycles. The summed E-state index contributed by atoms with van der Waals surface area (Å²) in [4.78, 5) is 17.7. The number of hydrogen-bond donors (Lipinski definition) is 1. The molecular formula is C19H20Br2N4O. The monoisotopic (exact) mass is 478 g/mol. The molecule has 4 aliphatic carbocycles. The van der Waals surface area contributed by atoms with Gasteiger partial charge in [0, 0.05) is 4.47 Å². The van der Waals surface area contributed by atoms with Gasteiger partial charge in [-0.2, -0.15) is 0 Å². The third kappa shape index (κ3) is 2.58. The molecule has 136 valence electrons. The summed E-state index contributed by atoms with van der Waals surface area (Å²) in [5.74, 6) is 1.37. The van der Waals surface area contributed by atoms with Gasteiger partial charge in [-0.15, -0.1) is 5.10 Å². The molecule has 2 atom stereocenters. The summed E-state index contributed by atoms with van der Waals surface area (Å²) in [6.07, 6.45) is 8.17. The average Bonchev–Trinajstić information content (AvgIpc) is 3.03. The standard InChI is InChI=1S/C19H20Br2N4O/c20-14-3-1-2-4-15(14)23-16(26)18-6-12-5-13(7-18)9-19(8-12,10-18)25-11-22-17(21)24-25/h1-4,11-13H,5-10H2,(H,23,26)/t12-,13-,18?,19?/m1/s1. The van der Waals surface area contributed by atoms with E-state index in [4.69, 9.17) is 0 Å². The Morgan fingerprint density at radius 3 is 2.54 bits per heavy atom. The second kappa shape index (κ2) is 5.89. The van der Waals surface area contributed by atoms with Crippen LogP contribution in [0, 0.1) is 17.3 Å². The van der Waals surface area contributed by atoms with Crippen LogP contribution in [0.3, 0.4) is 0 Å². The number of benzene rings is 1. The fourth-order valence-corrected chi connectivity index (χ4v) is 6.68. The summed E-state index contributed by atoms with van der Waals surface area (Å²) in [5.41, 5.74) is 0.498. The third-order valence-electron chi connectivity index (χ3n) is 6.58. The zero-order chi connectivity index (χ0) is 17.9. The Labute approximate surface area is 169 Å². The molecule has 1 heterocycles. The third-order valence-corrected chi connectivity index (χ3v) is 7.64. The summed E-state index contributed by atoms with van der Waals surface area (Å²) >= 11 is 6.92. The second-order valence-electron chi connectivity index (χ2n) is 8.36. The van der Waals surface area contributed by atoms with Crippen LogP contribution in [-0.4, -0.2) is 20.7 Å². The van der Waals surface area contributed by atoms with Gasteiger partial charge in [0.15, 0.2) is 0 Å². The van der Waals surface area contributed by atoms with Crippen LogP contribution in [0.4, 0.5) is 5.69 Å². The van der Waals surface area contributed by atoms with Crippen LogP contribution in [0.5, 0.6) is 0 Å². The quantitative estimate of drug-likeness (QED) is 0.691. The van der Waals surface area contributed by atoms with E-state index < -0.39 is 0 Å². The highest BCUT2D eigenvalue weighted by Crippen LogP contribution is 2.64. The van der Waals surface area contributed by atoms with Gasteiger partial charge in [0.2, 0.25) is 10.6 Å². The van der Waals surface area contributed by atoms with Gasteiger partial charge >= 0.3 is 0 Å². The van der Waals surface area contributed by atoms with Crippen molar-refractivity contribution >= 4 is 43.5 Å². The zero-order valence-corrected chi connectivity index (χ0v) is 17.5. The predicted octanol–water partition coefficient (Wildman–Crippen LogP) is 4.74. The highest BCUT2D eigenvalue weighted by Gasteiger charge is 2.61.